The molecule has 0 saturated carbocycles. The molecule has 0 aliphatic heterocycles. The van der Waals surface area contributed by atoms with E-state index in [1.54, 1.807) is 31.4 Å². The van der Waals surface area contributed by atoms with Gasteiger partial charge in [-0.15, -0.1) is 0 Å². The molecule has 3 aromatic rings. The van der Waals surface area contributed by atoms with E-state index in [-0.39, 0.29) is 6.42 Å². The van der Waals surface area contributed by atoms with Gasteiger partial charge in [-0.05, 0) is 42.0 Å². The van der Waals surface area contributed by atoms with Gasteiger partial charge in [0.25, 0.3) is 0 Å². The van der Waals surface area contributed by atoms with Crippen LogP contribution in [0.3, 0.4) is 0 Å². The molecule has 0 atom stereocenters. The smallest absolute Gasteiger partial charge is 0.307 e. The molecule has 6 heteroatoms. The molecule has 0 aliphatic rings. The zero-order chi connectivity index (χ0) is 17.3. The molecule has 24 heavy (non-hydrogen) atoms. The monoisotopic (exact) mass is 329 g/mol. The highest BCUT2D eigenvalue weighted by atomic mass is 19.1. The lowest BCUT2D eigenvalue weighted by atomic mass is 10.0. The van der Waals surface area contributed by atoms with Crippen LogP contribution in [0, 0.1) is 5.82 Å². The third kappa shape index (κ3) is 2.78. The minimum atomic E-state index is -0.997. The predicted octanol–water partition coefficient (Wildman–Crippen LogP) is 3.62. The van der Waals surface area contributed by atoms with Crippen LogP contribution in [0.4, 0.5) is 4.39 Å². The maximum absolute atomic E-state index is 13.6. The summed E-state index contributed by atoms with van der Waals surface area (Å²) in [6, 6.07) is 9.50. The van der Waals surface area contributed by atoms with Crippen molar-refractivity contribution >= 4 is 16.9 Å². The largest absolute Gasteiger partial charge is 0.497 e. The predicted molar refractivity (Wildman–Crippen MR) is 88.1 cm³/mol. The quantitative estimate of drug-likeness (QED) is 0.750. The van der Waals surface area contributed by atoms with E-state index in [1.807, 2.05) is 0 Å². The number of halogens is 1. The minimum absolute atomic E-state index is 0.237. The van der Waals surface area contributed by atoms with Gasteiger partial charge in [-0.1, -0.05) is 0 Å². The Balaban J connectivity index is 2.31. The van der Waals surface area contributed by atoms with Gasteiger partial charge in [0.2, 0.25) is 0 Å². The number of nitrogens with one attached hydrogen (secondary N) is 1. The second-order valence-electron chi connectivity index (χ2n) is 5.31. The molecule has 1 aromatic heterocycles. The lowest BCUT2D eigenvalue weighted by Crippen LogP contribution is -2.01. The van der Waals surface area contributed by atoms with Gasteiger partial charge in [0.05, 0.1) is 26.3 Å². The highest BCUT2D eigenvalue weighted by molar-refractivity contribution is 5.95. The lowest BCUT2D eigenvalue weighted by molar-refractivity contribution is -0.136. The molecule has 0 aliphatic carbocycles. The number of fused-ring (bicyclic) bond motifs is 1. The first-order valence-corrected chi connectivity index (χ1v) is 7.27. The number of aliphatic carboxylic acids is 1. The van der Waals surface area contributed by atoms with E-state index in [1.165, 1.54) is 19.2 Å². The van der Waals surface area contributed by atoms with E-state index in [0.29, 0.717) is 39.2 Å². The van der Waals surface area contributed by atoms with Crippen molar-refractivity contribution in [3.63, 3.8) is 0 Å². The molecular formula is C18H16FNO4. The SMILES string of the molecule is COc1ccc(OC)c(-c2[nH]c3ccc(F)cc3c2CC(=O)O)c1. The molecule has 0 bridgehead atoms. The van der Waals surface area contributed by atoms with E-state index in [4.69, 9.17) is 9.47 Å². The Morgan fingerprint density at radius 2 is 1.96 bits per heavy atom. The fraction of sp³-hybridized carbons (Fsp3) is 0.167. The molecule has 1 heterocycles. The first kappa shape index (κ1) is 15.9. The van der Waals surface area contributed by atoms with Crippen molar-refractivity contribution in [2.75, 3.05) is 14.2 Å². The number of benzene rings is 2. The normalized spacial score (nSPS) is 10.8. The summed E-state index contributed by atoms with van der Waals surface area (Å²) in [6.45, 7) is 0. The van der Waals surface area contributed by atoms with Crippen molar-refractivity contribution in [3.8, 4) is 22.8 Å². The number of hydrogen-bond donors (Lipinski definition) is 2. The van der Waals surface area contributed by atoms with Crippen LogP contribution in [0.1, 0.15) is 5.56 Å². The molecule has 124 valence electrons. The molecule has 2 aromatic carbocycles. The summed E-state index contributed by atoms with van der Waals surface area (Å²) >= 11 is 0. The topological polar surface area (TPSA) is 71.5 Å². The van der Waals surface area contributed by atoms with Crippen LogP contribution in [-0.4, -0.2) is 30.3 Å². The van der Waals surface area contributed by atoms with Crippen LogP contribution in [0.2, 0.25) is 0 Å². The number of methoxy groups -OCH3 is 2. The van der Waals surface area contributed by atoms with Gasteiger partial charge >= 0.3 is 5.97 Å². The summed E-state index contributed by atoms with van der Waals surface area (Å²) in [7, 11) is 3.08. The second-order valence-corrected chi connectivity index (χ2v) is 5.31. The first-order valence-electron chi connectivity index (χ1n) is 7.27. The third-order valence-electron chi connectivity index (χ3n) is 3.87. The summed E-state index contributed by atoms with van der Waals surface area (Å²) < 4.78 is 24.3. The van der Waals surface area contributed by atoms with Gasteiger partial charge in [0.15, 0.2) is 0 Å². The molecule has 5 nitrogen and oxygen atoms in total. The van der Waals surface area contributed by atoms with Gasteiger partial charge in [-0.3, -0.25) is 4.79 Å². The van der Waals surface area contributed by atoms with Crippen molar-refractivity contribution in [3.05, 3.63) is 47.8 Å². The maximum atomic E-state index is 13.6. The van der Waals surface area contributed by atoms with Crippen molar-refractivity contribution in [2.24, 2.45) is 0 Å². The third-order valence-corrected chi connectivity index (χ3v) is 3.87. The van der Waals surface area contributed by atoms with Crippen LogP contribution in [-0.2, 0) is 11.2 Å². The number of H-pyrrole nitrogens is 1. The standard InChI is InChI=1S/C18H16FNO4/c1-23-11-4-6-16(24-2)14(8-11)18-13(9-17(21)22)12-7-10(19)3-5-15(12)20-18/h3-8,20H,9H2,1-2H3,(H,21,22). The lowest BCUT2D eigenvalue weighted by Gasteiger charge is -2.11. The van der Waals surface area contributed by atoms with Crippen molar-refractivity contribution in [1.29, 1.82) is 0 Å². The number of carboxylic acid groups (broad SMARTS) is 1. The summed E-state index contributed by atoms with van der Waals surface area (Å²) in [5, 5.41) is 9.79. The van der Waals surface area contributed by atoms with E-state index in [0.717, 1.165) is 0 Å². The Kier molecular flexibility index (Phi) is 4.12. The molecule has 0 spiro atoms. The number of aromatic amines is 1. The number of aromatic nitrogens is 1. The van der Waals surface area contributed by atoms with Crippen LogP contribution >= 0.6 is 0 Å². The Bertz CT molecular complexity index is 917. The zero-order valence-corrected chi connectivity index (χ0v) is 13.2. The Hall–Kier alpha value is -3.02. The molecule has 0 radical (unpaired) electrons. The molecular weight excluding hydrogens is 313 g/mol. The van der Waals surface area contributed by atoms with E-state index < -0.39 is 11.8 Å². The van der Waals surface area contributed by atoms with Crippen LogP contribution in [0.15, 0.2) is 36.4 Å². The Morgan fingerprint density at radius 1 is 1.17 bits per heavy atom. The number of hydrogen-bond acceptors (Lipinski definition) is 3. The fourth-order valence-electron chi connectivity index (χ4n) is 2.79. The number of carbonyl (C=O) groups is 1. The molecule has 2 N–H and O–H groups in total. The van der Waals surface area contributed by atoms with Crippen LogP contribution in [0.25, 0.3) is 22.2 Å². The summed E-state index contributed by atoms with van der Waals surface area (Å²) in [5.74, 6) is -0.244. The Morgan fingerprint density at radius 3 is 2.62 bits per heavy atom. The van der Waals surface area contributed by atoms with E-state index >= 15 is 0 Å². The van der Waals surface area contributed by atoms with Crippen molar-refractivity contribution in [1.82, 2.24) is 4.98 Å². The van der Waals surface area contributed by atoms with E-state index in [2.05, 4.69) is 4.98 Å². The van der Waals surface area contributed by atoms with Crippen LogP contribution in [0.5, 0.6) is 11.5 Å². The van der Waals surface area contributed by atoms with Gasteiger partial charge < -0.3 is 19.6 Å². The van der Waals surface area contributed by atoms with Crippen molar-refractivity contribution < 1.29 is 23.8 Å². The fourth-order valence-corrected chi connectivity index (χ4v) is 2.79. The molecule has 0 unspecified atom stereocenters. The molecule has 0 amide bonds. The molecule has 0 saturated heterocycles. The van der Waals surface area contributed by atoms with Crippen molar-refractivity contribution in [2.45, 2.75) is 6.42 Å². The van der Waals surface area contributed by atoms with Gasteiger partial charge in [-0.25, -0.2) is 4.39 Å². The molecule has 0 fully saturated rings. The zero-order valence-electron chi connectivity index (χ0n) is 13.2. The maximum Gasteiger partial charge on any atom is 0.307 e. The average Bonchev–Trinajstić information content (AvgIpc) is 2.91. The highest BCUT2D eigenvalue weighted by Gasteiger charge is 2.19. The Labute approximate surface area is 137 Å². The van der Waals surface area contributed by atoms with Crippen LogP contribution < -0.4 is 9.47 Å². The van der Waals surface area contributed by atoms with E-state index in [9.17, 15) is 14.3 Å². The highest BCUT2D eigenvalue weighted by Crippen LogP contribution is 2.38. The summed E-state index contributed by atoms with van der Waals surface area (Å²) in [4.78, 5) is 14.5. The van der Waals surface area contributed by atoms with Gasteiger partial charge in [0, 0.05) is 16.5 Å². The number of rotatable bonds is 5. The number of ether oxygens (including phenoxy) is 2. The first-order chi connectivity index (χ1) is 11.5. The van der Waals surface area contributed by atoms with Gasteiger partial charge in [-0.2, -0.15) is 0 Å². The average molecular weight is 329 g/mol. The van der Waals surface area contributed by atoms with Gasteiger partial charge in [0.1, 0.15) is 17.3 Å². The summed E-state index contributed by atoms with van der Waals surface area (Å²) in [6.07, 6.45) is -0.237. The minimum Gasteiger partial charge on any atom is -0.497 e. The molecule has 3 rings (SSSR count). The number of carboxylic acids is 1. The summed E-state index contributed by atoms with van der Waals surface area (Å²) in [5.41, 5.74) is 2.40. The second kappa shape index (κ2) is 6.23.